The lowest BCUT2D eigenvalue weighted by molar-refractivity contribution is -0.885. The van der Waals surface area contributed by atoms with Gasteiger partial charge >= 0.3 is 5.97 Å². The number of carbonyl (C=O) groups is 2. The van der Waals surface area contributed by atoms with E-state index in [1.54, 1.807) is 6.92 Å². The highest BCUT2D eigenvalue weighted by Gasteiger charge is 2.26. The number of esters is 1. The van der Waals surface area contributed by atoms with Crippen molar-refractivity contribution < 1.29 is 19.2 Å². The quantitative estimate of drug-likeness (QED) is 0.727. The van der Waals surface area contributed by atoms with Gasteiger partial charge in [0, 0.05) is 11.4 Å². The Bertz CT molecular complexity index is 830. The van der Waals surface area contributed by atoms with Gasteiger partial charge in [0.05, 0.1) is 24.7 Å². The Morgan fingerprint density at radius 3 is 2.73 bits per heavy atom. The Morgan fingerprint density at radius 1 is 1.31 bits per heavy atom. The van der Waals surface area contributed by atoms with Gasteiger partial charge in [-0.2, -0.15) is 0 Å². The summed E-state index contributed by atoms with van der Waals surface area (Å²) in [5.74, 6) is -0.311. The lowest BCUT2D eigenvalue weighted by atomic mass is 10.0. The van der Waals surface area contributed by atoms with Gasteiger partial charge in [0.25, 0.3) is 5.91 Å². The lowest BCUT2D eigenvalue weighted by Crippen LogP contribution is -3.09. The summed E-state index contributed by atoms with van der Waals surface area (Å²) in [5, 5.41) is 3.95. The van der Waals surface area contributed by atoms with Gasteiger partial charge in [-0.05, 0) is 38.3 Å². The Morgan fingerprint density at radius 2 is 2.04 bits per heavy atom. The molecule has 0 spiro atoms. The summed E-state index contributed by atoms with van der Waals surface area (Å²) < 4.78 is 5.25. The zero-order chi connectivity index (χ0) is 18.7. The Kier molecular flexibility index (Phi) is 5.52. The van der Waals surface area contributed by atoms with Crippen LogP contribution in [0.15, 0.2) is 24.3 Å². The van der Waals surface area contributed by atoms with Gasteiger partial charge in [-0.1, -0.05) is 18.2 Å². The molecule has 3 rings (SSSR count). The summed E-state index contributed by atoms with van der Waals surface area (Å²) in [6, 6.07) is 8.12. The van der Waals surface area contributed by atoms with Crippen LogP contribution in [0.3, 0.4) is 0 Å². The molecule has 1 saturated carbocycles. The van der Waals surface area contributed by atoms with Crippen molar-refractivity contribution in [3.8, 4) is 0 Å². The molecule has 1 aliphatic rings. The van der Waals surface area contributed by atoms with E-state index < -0.39 is 0 Å². The van der Waals surface area contributed by atoms with Crippen molar-refractivity contribution in [2.75, 3.05) is 20.2 Å². The fourth-order valence-corrected chi connectivity index (χ4v) is 3.17. The Labute approximate surface area is 153 Å². The second kappa shape index (κ2) is 7.83. The van der Waals surface area contributed by atoms with Crippen LogP contribution in [-0.4, -0.2) is 43.1 Å². The second-order valence-corrected chi connectivity index (χ2v) is 6.95. The van der Waals surface area contributed by atoms with Crippen LogP contribution in [0.1, 0.15) is 41.4 Å². The number of aryl methyl sites for hydroxylation is 1. The van der Waals surface area contributed by atoms with E-state index in [1.165, 1.54) is 0 Å². The van der Waals surface area contributed by atoms with Gasteiger partial charge in [-0.25, -0.2) is 9.78 Å². The van der Waals surface area contributed by atoms with Crippen molar-refractivity contribution in [1.29, 1.82) is 0 Å². The summed E-state index contributed by atoms with van der Waals surface area (Å²) in [4.78, 5) is 30.3. The number of likely N-dealkylation sites (N-methyl/N-ethyl adjacent to an activating group) is 1. The summed E-state index contributed by atoms with van der Waals surface area (Å²) >= 11 is 0. The van der Waals surface area contributed by atoms with Crippen LogP contribution >= 0.6 is 0 Å². The number of para-hydroxylation sites is 1. The number of amides is 1. The first-order valence-corrected chi connectivity index (χ1v) is 9.15. The van der Waals surface area contributed by atoms with Gasteiger partial charge in [0.2, 0.25) is 0 Å². The number of rotatable bonds is 7. The number of fused-ring (bicyclic) bond motifs is 1. The molecule has 6 nitrogen and oxygen atoms in total. The van der Waals surface area contributed by atoms with E-state index in [-0.39, 0.29) is 11.9 Å². The van der Waals surface area contributed by atoms with Crippen LogP contribution in [0.5, 0.6) is 0 Å². The number of carbonyl (C=O) groups excluding carboxylic acids is 2. The van der Waals surface area contributed by atoms with E-state index in [0.717, 1.165) is 34.2 Å². The molecular weight excluding hydrogens is 330 g/mol. The van der Waals surface area contributed by atoms with Crippen LogP contribution < -0.4 is 10.2 Å². The number of benzene rings is 1. The molecule has 0 saturated heterocycles. The first kappa shape index (κ1) is 18.3. The SMILES string of the molecule is CCOC(=O)c1c(C[NH+](C)CC(=O)NC2CC2)nc2ccccc2c1C. The first-order chi connectivity index (χ1) is 12.5. The molecule has 1 aromatic heterocycles. The number of aromatic nitrogens is 1. The van der Waals surface area contributed by atoms with Crippen molar-refractivity contribution in [3.63, 3.8) is 0 Å². The van der Waals surface area contributed by atoms with Crippen molar-refractivity contribution in [1.82, 2.24) is 10.3 Å². The highest BCUT2D eigenvalue weighted by atomic mass is 16.5. The van der Waals surface area contributed by atoms with Crippen LogP contribution in [-0.2, 0) is 16.1 Å². The van der Waals surface area contributed by atoms with Gasteiger partial charge in [0.1, 0.15) is 12.2 Å². The van der Waals surface area contributed by atoms with Gasteiger partial charge in [-0.15, -0.1) is 0 Å². The third-order valence-corrected chi connectivity index (χ3v) is 4.58. The molecule has 6 heteroatoms. The lowest BCUT2D eigenvalue weighted by Gasteiger charge is -2.17. The van der Waals surface area contributed by atoms with Crippen LogP contribution in [0, 0.1) is 6.92 Å². The largest absolute Gasteiger partial charge is 0.462 e. The van der Waals surface area contributed by atoms with E-state index >= 15 is 0 Å². The van der Waals surface area contributed by atoms with Gasteiger partial charge < -0.3 is 15.0 Å². The molecular formula is C20H26N3O3+. The maximum absolute atomic E-state index is 12.5. The molecule has 0 bridgehead atoms. The van der Waals surface area contributed by atoms with Crippen molar-refractivity contribution in [2.24, 2.45) is 0 Å². The predicted octanol–water partition coefficient (Wildman–Crippen LogP) is 1.01. The van der Waals surface area contributed by atoms with Crippen LogP contribution in [0.25, 0.3) is 10.9 Å². The van der Waals surface area contributed by atoms with Crippen LogP contribution in [0.2, 0.25) is 0 Å². The molecule has 1 atom stereocenters. The molecule has 1 unspecified atom stereocenters. The molecule has 2 N–H and O–H groups in total. The number of hydrogen-bond donors (Lipinski definition) is 2. The zero-order valence-corrected chi connectivity index (χ0v) is 15.6. The van der Waals surface area contributed by atoms with Crippen LogP contribution in [0.4, 0.5) is 0 Å². The summed E-state index contributed by atoms with van der Waals surface area (Å²) in [6.07, 6.45) is 2.15. The van der Waals surface area contributed by atoms with Crippen molar-refractivity contribution in [2.45, 2.75) is 39.3 Å². The number of nitrogens with zero attached hydrogens (tertiary/aromatic N) is 1. The molecule has 1 amide bonds. The fraction of sp³-hybridized carbons (Fsp3) is 0.450. The molecule has 26 heavy (non-hydrogen) atoms. The number of nitrogens with one attached hydrogen (secondary N) is 2. The molecule has 0 radical (unpaired) electrons. The van der Waals surface area contributed by atoms with Crippen molar-refractivity contribution >= 4 is 22.8 Å². The number of pyridine rings is 1. The maximum Gasteiger partial charge on any atom is 0.340 e. The standard InChI is InChI=1S/C20H25N3O3/c1-4-26-20(25)19-13(2)15-7-5-6-8-16(15)22-17(19)11-23(3)12-18(24)21-14-9-10-14/h5-8,14H,4,9-12H2,1-3H3,(H,21,24)/p+1. The molecule has 1 fully saturated rings. The minimum absolute atomic E-state index is 0.0418. The topological polar surface area (TPSA) is 72.7 Å². The van der Waals surface area contributed by atoms with Gasteiger partial charge in [-0.3, -0.25) is 4.79 Å². The molecule has 1 heterocycles. The number of ether oxygens (including phenoxy) is 1. The number of quaternary nitrogens is 1. The predicted molar refractivity (Wildman–Crippen MR) is 99.1 cm³/mol. The fourth-order valence-electron chi connectivity index (χ4n) is 3.17. The third kappa shape index (κ3) is 4.19. The normalized spacial score (nSPS) is 14.9. The second-order valence-electron chi connectivity index (χ2n) is 6.95. The monoisotopic (exact) mass is 356 g/mol. The minimum Gasteiger partial charge on any atom is -0.462 e. The Balaban J connectivity index is 1.88. The summed E-state index contributed by atoms with van der Waals surface area (Å²) in [6.45, 7) is 4.87. The average molecular weight is 356 g/mol. The molecule has 1 aromatic carbocycles. The highest BCUT2D eigenvalue weighted by Crippen LogP contribution is 2.23. The molecule has 1 aliphatic carbocycles. The van der Waals surface area contributed by atoms with Crippen molar-refractivity contribution in [3.05, 3.63) is 41.1 Å². The smallest absolute Gasteiger partial charge is 0.340 e. The average Bonchev–Trinajstić information content (AvgIpc) is 3.38. The third-order valence-electron chi connectivity index (χ3n) is 4.58. The highest BCUT2D eigenvalue weighted by molar-refractivity contribution is 5.98. The van der Waals surface area contributed by atoms with E-state index in [9.17, 15) is 9.59 Å². The first-order valence-electron chi connectivity index (χ1n) is 9.15. The van der Waals surface area contributed by atoms with E-state index in [2.05, 4.69) is 5.32 Å². The van der Waals surface area contributed by atoms with Gasteiger partial charge in [0.15, 0.2) is 6.54 Å². The Hall–Kier alpha value is -2.47. The maximum atomic E-state index is 12.5. The summed E-state index contributed by atoms with van der Waals surface area (Å²) in [5.41, 5.74) is 2.92. The molecule has 2 aromatic rings. The van der Waals surface area contributed by atoms with E-state index in [1.807, 2.05) is 38.2 Å². The van der Waals surface area contributed by atoms with E-state index in [0.29, 0.717) is 37.0 Å². The molecule has 138 valence electrons. The van der Waals surface area contributed by atoms with E-state index in [4.69, 9.17) is 9.72 Å². The molecule has 0 aliphatic heterocycles. The summed E-state index contributed by atoms with van der Waals surface area (Å²) in [7, 11) is 1.94. The number of hydrogen-bond acceptors (Lipinski definition) is 4. The minimum atomic E-state index is -0.353. The zero-order valence-electron chi connectivity index (χ0n) is 15.6.